The predicted octanol–water partition coefficient (Wildman–Crippen LogP) is 4.74. The second-order valence-electron chi connectivity index (χ2n) is 5.52. The molecule has 0 radical (unpaired) electrons. The van der Waals surface area contributed by atoms with Crippen LogP contribution in [0.2, 0.25) is 0 Å². The minimum absolute atomic E-state index is 0.117. The van der Waals surface area contributed by atoms with E-state index in [1.165, 1.54) is 16.7 Å². The second-order valence-corrected chi connectivity index (χ2v) is 7.36. The second kappa shape index (κ2) is 9.78. The molecule has 0 saturated heterocycles. The highest BCUT2D eigenvalue weighted by Gasteiger charge is 2.03. The van der Waals surface area contributed by atoms with E-state index in [1.54, 1.807) is 11.8 Å². The lowest BCUT2D eigenvalue weighted by Gasteiger charge is -2.07. The fourth-order valence-corrected chi connectivity index (χ4v) is 3.67. The van der Waals surface area contributed by atoms with E-state index in [0.29, 0.717) is 5.75 Å². The molecule has 0 saturated carbocycles. The van der Waals surface area contributed by atoms with E-state index in [-0.39, 0.29) is 5.91 Å². The van der Waals surface area contributed by atoms with Crippen LogP contribution in [0.4, 0.5) is 0 Å². The van der Waals surface area contributed by atoms with Gasteiger partial charge in [-0.15, -0.1) is 11.8 Å². The summed E-state index contributed by atoms with van der Waals surface area (Å²) in [5, 5.41) is 2.99. The zero-order valence-electron chi connectivity index (χ0n) is 13.3. The Morgan fingerprint density at radius 2 is 1.87 bits per heavy atom. The van der Waals surface area contributed by atoms with Gasteiger partial charge < -0.3 is 5.32 Å². The fourth-order valence-electron chi connectivity index (χ4n) is 2.20. The standard InChI is InChI=1S/C19H22BrNOS/c1-15-8-10-16(11-9-15)5-4-12-21-19(22)14-23-13-17-6-2-3-7-18(17)20/h2-3,6-11H,4-5,12-14H2,1H3,(H,21,22). The lowest BCUT2D eigenvalue weighted by atomic mass is 10.1. The normalized spacial score (nSPS) is 10.5. The zero-order chi connectivity index (χ0) is 16.5. The molecule has 0 aliphatic heterocycles. The average Bonchev–Trinajstić information content (AvgIpc) is 2.55. The van der Waals surface area contributed by atoms with E-state index in [2.05, 4.69) is 58.5 Å². The topological polar surface area (TPSA) is 29.1 Å². The summed E-state index contributed by atoms with van der Waals surface area (Å²) in [5.74, 6) is 1.47. The first-order valence-corrected chi connectivity index (χ1v) is 9.73. The molecule has 4 heteroatoms. The number of benzene rings is 2. The molecule has 0 heterocycles. The molecule has 122 valence electrons. The Morgan fingerprint density at radius 3 is 2.61 bits per heavy atom. The molecule has 0 aromatic heterocycles. The van der Waals surface area contributed by atoms with Crippen LogP contribution in [0, 0.1) is 6.92 Å². The fraction of sp³-hybridized carbons (Fsp3) is 0.316. The van der Waals surface area contributed by atoms with Gasteiger partial charge >= 0.3 is 0 Å². The number of thioether (sulfide) groups is 1. The van der Waals surface area contributed by atoms with Crippen molar-refractivity contribution in [2.45, 2.75) is 25.5 Å². The highest BCUT2D eigenvalue weighted by atomic mass is 79.9. The highest BCUT2D eigenvalue weighted by Crippen LogP contribution is 2.21. The average molecular weight is 392 g/mol. The van der Waals surface area contributed by atoms with E-state index >= 15 is 0 Å². The Balaban J connectivity index is 1.58. The molecule has 23 heavy (non-hydrogen) atoms. The van der Waals surface area contributed by atoms with E-state index in [4.69, 9.17) is 0 Å². The molecule has 1 amide bonds. The van der Waals surface area contributed by atoms with E-state index in [1.807, 2.05) is 18.2 Å². The zero-order valence-corrected chi connectivity index (χ0v) is 15.8. The molecule has 0 unspecified atom stereocenters. The summed E-state index contributed by atoms with van der Waals surface area (Å²) < 4.78 is 1.10. The molecule has 2 aromatic rings. The van der Waals surface area contributed by atoms with Gasteiger partial charge in [-0.3, -0.25) is 4.79 Å². The van der Waals surface area contributed by atoms with Gasteiger partial charge in [0, 0.05) is 16.8 Å². The number of rotatable bonds is 8. The van der Waals surface area contributed by atoms with Crippen LogP contribution in [0.1, 0.15) is 23.1 Å². The number of aryl methyl sites for hydroxylation is 2. The van der Waals surface area contributed by atoms with Gasteiger partial charge in [-0.1, -0.05) is 64.0 Å². The van der Waals surface area contributed by atoms with Crippen LogP contribution < -0.4 is 5.32 Å². The molecule has 0 spiro atoms. The minimum Gasteiger partial charge on any atom is -0.355 e. The molecule has 0 fully saturated rings. The third kappa shape index (κ3) is 6.80. The van der Waals surface area contributed by atoms with Gasteiger partial charge in [-0.2, -0.15) is 0 Å². The minimum atomic E-state index is 0.117. The largest absolute Gasteiger partial charge is 0.355 e. The van der Waals surface area contributed by atoms with Crippen LogP contribution in [0.25, 0.3) is 0 Å². The Bertz CT molecular complexity index is 628. The molecule has 2 aromatic carbocycles. The van der Waals surface area contributed by atoms with Crippen molar-refractivity contribution in [2.24, 2.45) is 0 Å². The van der Waals surface area contributed by atoms with Crippen molar-refractivity contribution in [2.75, 3.05) is 12.3 Å². The number of nitrogens with one attached hydrogen (secondary N) is 1. The van der Waals surface area contributed by atoms with Crippen molar-refractivity contribution in [1.29, 1.82) is 0 Å². The maximum Gasteiger partial charge on any atom is 0.230 e. The third-order valence-corrected chi connectivity index (χ3v) is 5.29. The lowest BCUT2D eigenvalue weighted by Crippen LogP contribution is -2.26. The Kier molecular flexibility index (Phi) is 7.69. The van der Waals surface area contributed by atoms with Crippen molar-refractivity contribution in [1.82, 2.24) is 5.32 Å². The SMILES string of the molecule is Cc1ccc(CCCNC(=O)CSCc2ccccc2Br)cc1. The molecular formula is C19H22BrNOS. The highest BCUT2D eigenvalue weighted by molar-refractivity contribution is 9.10. The van der Waals surface area contributed by atoms with Crippen molar-refractivity contribution >= 4 is 33.6 Å². The third-order valence-electron chi connectivity index (χ3n) is 3.53. The maximum atomic E-state index is 11.8. The Hall–Kier alpha value is -1.26. The van der Waals surface area contributed by atoms with Crippen LogP contribution in [-0.2, 0) is 17.0 Å². The molecule has 1 N–H and O–H groups in total. The molecule has 0 bridgehead atoms. The first-order chi connectivity index (χ1) is 11.1. The van der Waals surface area contributed by atoms with Crippen LogP contribution >= 0.6 is 27.7 Å². The van der Waals surface area contributed by atoms with Gasteiger partial charge in [0.05, 0.1) is 5.75 Å². The lowest BCUT2D eigenvalue weighted by molar-refractivity contribution is -0.118. The van der Waals surface area contributed by atoms with Crippen LogP contribution in [-0.4, -0.2) is 18.2 Å². The summed E-state index contributed by atoms with van der Waals surface area (Å²) in [7, 11) is 0. The molecular weight excluding hydrogens is 370 g/mol. The van der Waals surface area contributed by atoms with Crippen LogP contribution in [0.5, 0.6) is 0 Å². The summed E-state index contributed by atoms with van der Waals surface area (Å²) in [4.78, 5) is 11.8. The van der Waals surface area contributed by atoms with Gasteiger partial charge in [0.2, 0.25) is 5.91 Å². The first-order valence-electron chi connectivity index (χ1n) is 7.78. The summed E-state index contributed by atoms with van der Waals surface area (Å²) in [6.45, 7) is 2.83. The Morgan fingerprint density at radius 1 is 1.13 bits per heavy atom. The van der Waals surface area contributed by atoms with E-state index in [9.17, 15) is 4.79 Å². The smallest absolute Gasteiger partial charge is 0.230 e. The summed E-state index contributed by atoms with van der Waals surface area (Å²) in [6, 6.07) is 16.7. The number of carbonyl (C=O) groups excluding carboxylic acids is 1. The molecule has 0 aliphatic carbocycles. The number of hydrogen-bond acceptors (Lipinski definition) is 2. The van der Waals surface area contributed by atoms with Crippen LogP contribution in [0.15, 0.2) is 53.0 Å². The van der Waals surface area contributed by atoms with Crippen LogP contribution in [0.3, 0.4) is 0 Å². The van der Waals surface area contributed by atoms with Crippen molar-refractivity contribution < 1.29 is 4.79 Å². The number of amides is 1. The first kappa shape index (κ1) is 18.1. The summed E-state index contributed by atoms with van der Waals surface area (Å²) in [6.07, 6.45) is 1.98. The van der Waals surface area contributed by atoms with E-state index in [0.717, 1.165) is 29.6 Å². The monoisotopic (exact) mass is 391 g/mol. The molecule has 2 nitrogen and oxygen atoms in total. The quantitative estimate of drug-likeness (QED) is 0.658. The van der Waals surface area contributed by atoms with Crippen molar-refractivity contribution in [3.8, 4) is 0 Å². The number of carbonyl (C=O) groups is 1. The van der Waals surface area contributed by atoms with Gasteiger partial charge in [-0.25, -0.2) is 0 Å². The summed E-state index contributed by atoms with van der Waals surface area (Å²) in [5.41, 5.74) is 3.84. The summed E-state index contributed by atoms with van der Waals surface area (Å²) >= 11 is 5.17. The predicted molar refractivity (Wildman–Crippen MR) is 103 cm³/mol. The Labute approximate surface area is 151 Å². The van der Waals surface area contributed by atoms with Gasteiger partial charge in [-0.05, 0) is 37.0 Å². The van der Waals surface area contributed by atoms with Crippen molar-refractivity contribution in [3.05, 3.63) is 69.7 Å². The van der Waals surface area contributed by atoms with Gasteiger partial charge in [0.25, 0.3) is 0 Å². The maximum absolute atomic E-state index is 11.8. The number of halogens is 1. The van der Waals surface area contributed by atoms with Gasteiger partial charge in [0.1, 0.15) is 0 Å². The number of hydrogen-bond donors (Lipinski definition) is 1. The van der Waals surface area contributed by atoms with E-state index < -0.39 is 0 Å². The molecule has 0 aliphatic rings. The van der Waals surface area contributed by atoms with Gasteiger partial charge in [0.15, 0.2) is 0 Å². The van der Waals surface area contributed by atoms with Crippen molar-refractivity contribution in [3.63, 3.8) is 0 Å². The molecule has 0 atom stereocenters. The molecule has 2 rings (SSSR count).